The Bertz CT molecular complexity index is 1540. The van der Waals surface area contributed by atoms with Gasteiger partial charge < -0.3 is 4.84 Å². The van der Waals surface area contributed by atoms with Crippen LogP contribution in [0.25, 0.3) is 0 Å². The number of hydrogen-bond donors (Lipinski definition) is 0. The molecule has 2 aliphatic heterocycles. The van der Waals surface area contributed by atoms with Gasteiger partial charge in [-0.1, -0.05) is 51.3 Å². The van der Waals surface area contributed by atoms with Crippen molar-refractivity contribution in [1.82, 2.24) is 18.9 Å². The molecule has 0 unspecified atom stereocenters. The summed E-state index contributed by atoms with van der Waals surface area (Å²) in [5.41, 5.74) is -0.128. The van der Waals surface area contributed by atoms with Gasteiger partial charge >= 0.3 is 5.97 Å². The predicted octanol–water partition coefficient (Wildman–Crippen LogP) is 4.37. The van der Waals surface area contributed by atoms with E-state index in [1.807, 2.05) is 24.3 Å². The van der Waals surface area contributed by atoms with Crippen LogP contribution in [0.3, 0.4) is 0 Å². The minimum absolute atomic E-state index is 0.0983. The normalized spacial score (nSPS) is 20.3. The third-order valence-electron chi connectivity index (χ3n) is 6.69. The van der Waals surface area contributed by atoms with Gasteiger partial charge in [0, 0.05) is 54.0 Å². The van der Waals surface area contributed by atoms with E-state index in [1.165, 1.54) is 32.0 Å². The van der Waals surface area contributed by atoms with Crippen molar-refractivity contribution in [3.63, 3.8) is 0 Å². The van der Waals surface area contributed by atoms with Crippen LogP contribution in [0.1, 0.15) is 19.4 Å². The number of amides is 1. The van der Waals surface area contributed by atoms with Gasteiger partial charge in [-0.3, -0.25) is 14.2 Å². The zero-order valence-electron chi connectivity index (χ0n) is 21.0. The largest absolute Gasteiger partial charge is 0.368 e. The number of sulfonamides is 1. The highest BCUT2D eigenvalue weighted by molar-refractivity contribution is 9.10. The van der Waals surface area contributed by atoms with E-state index in [0.717, 1.165) is 10.0 Å². The Kier molecular flexibility index (Phi) is 7.55. The summed E-state index contributed by atoms with van der Waals surface area (Å²) in [5.74, 6) is -0.693. The van der Waals surface area contributed by atoms with Gasteiger partial charge in [0.1, 0.15) is 5.54 Å². The Morgan fingerprint density at radius 2 is 1.69 bits per heavy atom. The summed E-state index contributed by atoms with van der Waals surface area (Å²) in [6.45, 7) is 3.61. The van der Waals surface area contributed by atoms with Crippen molar-refractivity contribution in [2.24, 2.45) is 0 Å². The lowest BCUT2D eigenvalue weighted by molar-refractivity contribution is -0.192. The summed E-state index contributed by atoms with van der Waals surface area (Å²) < 4.78 is 31.6. The minimum atomic E-state index is -4.08. The lowest BCUT2D eigenvalue weighted by atomic mass is 9.92. The van der Waals surface area contributed by atoms with Gasteiger partial charge in [0.2, 0.25) is 5.95 Å². The molecule has 0 spiro atoms. The molecule has 0 bridgehead atoms. The van der Waals surface area contributed by atoms with E-state index in [9.17, 15) is 18.0 Å². The van der Waals surface area contributed by atoms with Crippen LogP contribution in [0.15, 0.2) is 58.2 Å². The van der Waals surface area contributed by atoms with E-state index in [2.05, 4.69) is 20.9 Å². The van der Waals surface area contributed by atoms with E-state index in [4.69, 9.17) is 28.0 Å². The fourth-order valence-electron chi connectivity index (χ4n) is 4.93. The van der Waals surface area contributed by atoms with Crippen LogP contribution in [0.4, 0.5) is 11.6 Å². The van der Waals surface area contributed by atoms with Crippen LogP contribution in [-0.4, -0.2) is 65.4 Å². The van der Waals surface area contributed by atoms with Crippen LogP contribution < -0.4 is 4.90 Å². The topological polar surface area (TPSA) is 105 Å². The van der Waals surface area contributed by atoms with Gasteiger partial charge in [-0.2, -0.15) is 4.31 Å². The number of fused-ring (bicyclic) bond motifs is 1. The van der Waals surface area contributed by atoms with Gasteiger partial charge in [-0.15, -0.1) is 5.06 Å². The molecule has 2 aromatic carbocycles. The predicted molar refractivity (Wildman–Crippen MR) is 149 cm³/mol. The first-order valence-corrected chi connectivity index (χ1v) is 15.0. The van der Waals surface area contributed by atoms with E-state index in [1.54, 1.807) is 25.1 Å². The van der Waals surface area contributed by atoms with Crippen molar-refractivity contribution >= 4 is 72.7 Å². The number of hydrogen-bond acceptors (Lipinski definition) is 7. The number of benzene rings is 2. The van der Waals surface area contributed by atoms with Crippen molar-refractivity contribution in [2.75, 3.05) is 31.1 Å². The lowest BCUT2D eigenvalue weighted by Gasteiger charge is -2.33. The highest BCUT2D eigenvalue weighted by Gasteiger charge is 2.52. The van der Waals surface area contributed by atoms with Crippen LogP contribution in [-0.2, 0) is 36.4 Å². The first-order chi connectivity index (χ1) is 18.4. The maximum atomic E-state index is 14.1. The molecule has 39 heavy (non-hydrogen) atoms. The first-order valence-electron chi connectivity index (χ1n) is 12.0. The van der Waals surface area contributed by atoms with Crippen LogP contribution >= 0.6 is 39.1 Å². The number of hydroxylamine groups is 2. The SMILES string of the molecule is CC(=O)ON1CCN(S(=O)(=O)c2cnc3n2[C@](C)(Cc2ccc(Br)cc2)C(=O)N3c2cc(Cl)cc(Cl)c2)CC1. The number of carbonyl (C=O) groups is 2. The van der Waals surface area contributed by atoms with E-state index in [-0.39, 0.29) is 49.5 Å². The number of nitrogens with zero attached hydrogens (tertiary/aromatic N) is 5. The zero-order valence-corrected chi connectivity index (χ0v) is 24.9. The second kappa shape index (κ2) is 10.5. The summed E-state index contributed by atoms with van der Waals surface area (Å²) in [6.07, 6.45) is 1.48. The molecular weight excluding hydrogens is 633 g/mol. The fourth-order valence-corrected chi connectivity index (χ4v) is 7.32. The minimum Gasteiger partial charge on any atom is -0.368 e. The van der Waals surface area contributed by atoms with Crippen molar-refractivity contribution in [2.45, 2.75) is 30.8 Å². The van der Waals surface area contributed by atoms with Gasteiger partial charge in [0.25, 0.3) is 15.9 Å². The summed E-state index contributed by atoms with van der Waals surface area (Å²) in [4.78, 5) is 36.3. The summed E-state index contributed by atoms with van der Waals surface area (Å²) in [7, 11) is -4.08. The maximum absolute atomic E-state index is 14.1. The van der Waals surface area contributed by atoms with Gasteiger partial charge in [-0.05, 0) is 42.8 Å². The van der Waals surface area contributed by atoms with Crippen molar-refractivity contribution in [1.29, 1.82) is 0 Å². The number of piperazine rings is 1. The van der Waals surface area contributed by atoms with E-state index in [0.29, 0.717) is 15.7 Å². The lowest BCUT2D eigenvalue weighted by Crippen LogP contribution is -2.50. The highest BCUT2D eigenvalue weighted by Crippen LogP contribution is 2.45. The Morgan fingerprint density at radius 3 is 2.28 bits per heavy atom. The molecule has 3 aromatic rings. The van der Waals surface area contributed by atoms with Crippen LogP contribution in [0.5, 0.6) is 0 Å². The van der Waals surface area contributed by atoms with Gasteiger partial charge in [0.15, 0.2) is 5.03 Å². The molecule has 0 aliphatic carbocycles. The number of carbonyl (C=O) groups excluding carboxylic acids is 2. The highest BCUT2D eigenvalue weighted by atomic mass is 79.9. The molecule has 1 saturated heterocycles. The molecule has 0 N–H and O–H groups in total. The van der Waals surface area contributed by atoms with Crippen molar-refractivity contribution in [3.8, 4) is 0 Å². The number of imidazole rings is 1. The van der Waals surface area contributed by atoms with Crippen LogP contribution in [0, 0.1) is 0 Å². The molecule has 5 rings (SSSR count). The number of aromatic nitrogens is 2. The summed E-state index contributed by atoms with van der Waals surface area (Å²) in [5, 5.41) is 1.97. The summed E-state index contributed by atoms with van der Waals surface area (Å²) in [6, 6.07) is 12.2. The molecule has 3 heterocycles. The molecule has 1 amide bonds. The van der Waals surface area contributed by atoms with Crippen molar-refractivity contribution < 1.29 is 22.8 Å². The summed E-state index contributed by atoms with van der Waals surface area (Å²) >= 11 is 15.9. The molecule has 14 heteroatoms. The van der Waals surface area contributed by atoms with E-state index < -0.39 is 21.5 Å². The third kappa shape index (κ3) is 5.21. The molecule has 1 aromatic heterocycles. The maximum Gasteiger partial charge on any atom is 0.322 e. The molecule has 206 valence electrons. The Morgan fingerprint density at radius 1 is 1.08 bits per heavy atom. The smallest absolute Gasteiger partial charge is 0.322 e. The third-order valence-corrected chi connectivity index (χ3v) is 9.52. The Hall–Kier alpha value is -2.48. The molecular formula is C25H24BrCl2N5O5S. The molecule has 0 radical (unpaired) electrons. The quantitative estimate of drug-likeness (QED) is 0.388. The van der Waals surface area contributed by atoms with Crippen molar-refractivity contribution in [3.05, 3.63) is 68.7 Å². The first kappa shape index (κ1) is 28.1. The molecule has 2 aliphatic rings. The van der Waals surface area contributed by atoms with Gasteiger partial charge in [0.05, 0.1) is 11.9 Å². The zero-order chi connectivity index (χ0) is 28.1. The number of rotatable bonds is 6. The average Bonchev–Trinajstić information content (AvgIpc) is 3.39. The fraction of sp³-hybridized carbons (Fsp3) is 0.320. The average molecular weight is 657 g/mol. The second-order valence-electron chi connectivity index (χ2n) is 9.49. The second-order valence-corrected chi connectivity index (χ2v) is 13.2. The molecule has 1 fully saturated rings. The number of halogens is 3. The Labute approximate surface area is 244 Å². The van der Waals surface area contributed by atoms with Crippen LogP contribution in [0.2, 0.25) is 10.0 Å². The monoisotopic (exact) mass is 655 g/mol. The molecule has 1 atom stereocenters. The molecule has 10 nitrogen and oxygen atoms in total. The van der Waals surface area contributed by atoms with Gasteiger partial charge in [-0.25, -0.2) is 18.3 Å². The standard InChI is InChI=1S/C25H24BrCl2N5O5S/c1-16(34)38-30-7-9-31(10-8-30)39(36,37)22-15-29-24-32(21-12-19(27)11-20(28)13-21)23(35)25(2,33(22)24)14-17-3-5-18(26)6-4-17/h3-6,11-13,15H,7-10,14H2,1-2H3/t25-/m1/s1. The van der Waals surface area contributed by atoms with E-state index >= 15 is 0 Å². The Balaban J connectivity index is 1.59. The number of anilines is 2. The molecule has 0 saturated carbocycles.